The van der Waals surface area contributed by atoms with Crippen molar-refractivity contribution in [1.29, 1.82) is 0 Å². The first-order valence-corrected chi connectivity index (χ1v) is 22.4. The van der Waals surface area contributed by atoms with E-state index in [2.05, 4.69) is 20.8 Å². The second-order valence-corrected chi connectivity index (χ2v) is 21.8. The second-order valence-electron chi connectivity index (χ2n) is 11.9. The van der Waals surface area contributed by atoms with Gasteiger partial charge in [-0.15, -0.1) is 0 Å². The van der Waals surface area contributed by atoms with Crippen LogP contribution in [0.4, 0.5) is 0 Å². The number of rotatable bonds is 30. The van der Waals surface area contributed by atoms with Crippen molar-refractivity contribution in [3.8, 4) is 0 Å². The van der Waals surface area contributed by atoms with Crippen LogP contribution >= 0.6 is 6.83 Å². The van der Waals surface area contributed by atoms with Gasteiger partial charge in [-0.2, -0.15) is 0 Å². The molecule has 0 heterocycles. The van der Waals surface area contributed by atoms with E-state index < -0.39 is 25.9 Å². The van der Waals surface area contributed by atoms with Crippen LogP contribution < -0.4 is 14.0 Å². The van der Waals surface area contributed by atoms with Crippen molar-refractivity contribution in [2.45, 2.75) is 149 Å². The molecule has 0 aliphatic rings. The van der Waals surface area contributed by atoms with Crippen molar-refractivity contribution in [2.75, 3.05) is 46.0 Å². The van der Waals surface area contributed by atoms with E-state index in [0.29, 0.717) is 18.6 Å². The Labute approximate surface area is 251 Å². The summed E-state index contributed by atoms with van der Waals surface area (Å²) in [5.74, 6) is 0. The zero-order valence-electron chi connectivity index (χ0n) is 27.2. The van der Waals surface area contributed by atoms with Gasteiger partial charge in [0, 0.05) is 0 Å². The molecule has 0 amide bonds. The van der Waals surface area contributed by atoms with Gasteiger partial charge < -0.3 is 0 Å². The van der Waals surface area contributed by atoms with Crippen LogP contribution in [-0.2, 0) is 17.4 Å². The Balaban J connectivity index is 6.10. The fourth-order valence-electron chi connectivity index (χ4n) is 6.18. The van der Waals surface area contributed by atoms with E-state index in [1.54, 1.807) is 21.3 Å². The molecule has 0 atom stereocenters. The zero-order chi connectivity index (χ0) is 30.2. The third kappa shape index (κ3) is 17.7. The van der Waals surface area contributed by atoms with Gasteiger partial charge >= 0.3 is 252 Å². The molecular weight excluding hydrogens is 567 g/mol. The molecule has 0 radical (unpaired) electrons. The maximum absolute atomic E-state index is 12.5. The van der Waals surface area contributed by atoms with E-state index in [0.717, 1.165) is 76.3 Å². The average Bonchev–Trinajstić information content (AvgIpc) is 2.92. The summed E-state index contributed by atoms with van der Waals surface area (Å²) in [4.78, 5) is 0. The van der Waals surface area contributed by atoms with Gasteiger partial charge in [0.2, 0.25) is 0 Å². The Hall–Kier alpha value is 0.657. The third-order valence-corrected chi connectivity index (χ3v) is 19.5. The zero-order valence-corrected chi connectivity index (χ0v) is 29.8. The van der Waals surface area contributed by atoms with Crippen molar-refractivity contribution in [2.24, 2.45) is 0 Å². The molecule has 0 aliphatic heterocycles. The molecule has 0 bridgehead atoms. The van der Waals surface area contributed by atoms with E-state index in [4.69, 9.17) is 17.4 Å². The normalized spacial score (nSPS) is 14.0. The Bertz CT molecular complexity index is 539. The van der Waals surface area contributed by atoms with E-state index in [9.17, 15) is 14.0 Å². The topological polar surface area (TPSA) is 106 Å². The molecule has 0 aromatic heterocycles. The summed E-state index contributed by atoms with van der Waals surface area (Å²) in [5, 5.41) is 0. The first kappa shape index (κ1) is 40.7. The summed E-state index contributed by atoms with van der Waals surface area (Å²) < 4.78 is 60.5. The van der Waals surface area contributed by atoms with Gasteiger partial charge in [0.15, 0.2) is 0 Å². The maximum atomic E-state index is 12.5. The van der Waals surface area contributed by atoms with Crippen molar-refractivity contribution in [3.05, 3.63) is 0 Å². The summed E-state index contributed by atoms with van der Waals surface area (Å²) in [7, 11) is -2.53. The van der Waals surface area contributed by atoms with E-state index in [1.807, 2.05) is 0 Å². The van der Waals surface area contributed by atoms with E-state index >= 15 is 0 Å². The van der Waals surface area contributed by atoms with Gasteiger partial charge in [-0.1, -0.05) is 0 Å². The summed E-state index contributed by atoms with van der Waals surface area (Å²) in [6, 6.07) is 0.580. The number of halogens is 1. The third-order valence-electron chi connectivity index (χ3n) is 8.65. The molecule has 7 nitrogen and oxygen atoms in total. The van der Waals surface area contributed by atoms with Gasteiger partial charge in [0.1, 0.15) is 0 Å². The summed E-state index contributed by atoms with van der Waals surface area (Å²) in [6.45, 7) is 3.24. The molecule has 0 saturated carbocycles. The molecule has 0 fully saturated rings. The molecular formula is C30H66ClO7PSi. The molecule has 0 spiro atoms. The molecule has 0 saturated heterocycles. The van der Waals surface area contributed by atoms with Crippen LogP contribution in [0.15, 0.2) is 0 Å². The van der Waals surface area contributed by atoms with Gasteiger partial charge in [0.05, 0.1) is 0 Å². The molecule has 0 aliphatic carbocycles. The molecule has 0 aromatic carbocycles. The monoisotopic (exact) mass is 632 g/mol. The summed E-state index contributed by atoms with van der Waals surface area (Å²) in [6.07, 6.45) is 23.6. The Morgan fingerprint density at radius 2 is 0.775 bits per heavy atom. The molecule has 0 rings (SSSR count). The first-order valence-electron chi connectivity index (χ1n) is 16.4. The summed E-state index contributed by atoms with van der Waals surface area (Å²) in [5.41, 5.74) is 0. The van der Waals surface area contributed by atoms with Crippen LogP contribution in [-0.4, -0.2) is 54.8 Å². The fraction of sp³-hybridized carbons (Fsp3) is 1.00. The standard InChI is InChI=1S/C30H66ClO7PSi/c1-7-10-13-16-19-22-26-39(38-31(32,33)34,27-23-20-17-14-11-8-2,28-24-21-18-15-12-9-3)29-25-30-40(35-4,36-5)37-6/h7-30H2,1-6H3. The Morgan fingerprint density at radius 1 is 0.475 bits per heavy atom. The molecule has 0 unspecified atom stereocenters. The second kappa shape index (κ2) is 23.1. The quantitative estimate of drug-likeness (QED) is 0.0492. The van der Waals surface area contributed by atoms with Gasteiger partial charge in [-0.05, 0) is 0 Å². The van der Waals surface area contributed by atoms with Gasteiger partial charge in [-0.25, -0.2) is 0 Å². The van der Waals surface area contributed by atoms with Crippen LogP contribution in [0.3, 0.4) is 0 Å². The van der Waals surface area contributed by atoms with Crippen LogP contribution in [0.25, 0.3) is 0 Å². The fourth-order valence-corrected chi connectivity index (χ4v) is 16.6. The molecule has 244 valence electrons. The molecule has 0 aromatic rings. The Kier molecular flexibility index (Phi) is 23.5. The average molecular weight is 633 g/mol. The van der Waals surface area contributed by atoms with Gasteiger partial charge in [-0.3, -0.25) is 0 Å². The summed E-state index contributed by atoms with van der Waals surface area (Å²) >= 11 is 0. The van der Waals surface area contributed by atoms with Crippen molar-refractivity contribution in [1.82, 2.24) is 0 Å². The predicted molar refractivity (Wildman–Crippen MR) is 164 cm³/mol. The minimum absolute atomic E-state index is 0.580. The molecule has 0 N–H and O–H groups in total. The number of hydrogen-bond donors (Lipinski definition) is 0. The minimum atomic E-state index is -4.52. The van der Waals surface area contributed by atoms with E-state index in [-0.39, 0.29) is 0 Å². The van der Waals surface area contributed by atoms with Crippen molar-refractivity contribution in [3.63, 3.8) is 0 Å². The number of unbranched alkanes of at least 4 members (excludes halogenated alkanes) is 15. The number of hydrogen-bond acceptors (Lipinski definition) is 7. The van der Waals surface area contributed by atoms with E-state index in [1.165, 1.54) is 57.8 Å². The van der Waals surface area contributed by atoms with Crippen LogP contribution in [0.2, 0.25) is 6.04 Å². The van der Waals surface area contributed by atoms with Crippen LogP contribution in [0, 0.1) is 10.2 Å². The van der Waals surface area contributed by atoms with Crippen molar-refractivity contribution >= 4 is 15.6 Å². The first-order chi connectivity index (χ1) is 19.1. The van der Waals surface area contributed by atoms with Crippen LogP contribution in [0.1, 0.15) is 143 Å². The van der Waals surface area contributed by atoms with Gasteiger partial charge in [0.25, 0.3) is 0 Å². The molecule has 40 heavy (non-hydrogen) atoms. The Morgan fingerprint density at radius 3 is 1.07 bits per heavy atom. The van der Waals surface area contributed by atoms with Crippen molar-refractivity contribution < 1.29 is 41.6 Å². The predicted octanol–water partition coefficient (Wildman–Crippen LogP) is 6.72. The molecule has 10 heteroatoms. The SMILES string of the molecule is CCCCCCCCP(CCCCCCCC)(CCCCCCCC)(CCC[Si](OC)(OC)OC)O[Cl+3]([O-])([O-])[O-]. The van der Waals surface area contributed by atoms with Crippen LogP contribution in [0.5, 0.6) is 0 Å².